The number of fused-ring (bicyclic) bond motifs is 14. The minimum Gasteiger partial charge on any atom is -0.455 e. The highest BCUT2D eigenvalue weighted by atomic mass is 32.1. The first-order valence-corrected chi connectivity index (χ1v) is 22.0. The van der Waals surface area contributed by atoms with E-state index < -0.39 is 0 Å². The summed E-state index contributed by atoms with van der Waals surface area (Å²) >= 11 is 1.78. The van der Waals surface area contributed by atoms with Gasteiger partial charge in [-0.2, -0.15) is 0 Å². The summed E-state index contributed by atoms with van der Waals surface area (Å²) in [7, 11) is 0. The summed E-state index contributed by atoms with van der Waals surface area (Å²) in [5.74, 6) is 1.76. The predicted molar refractivity (Wildman–Crippen MR) is 263 cm³/mol. The number of thiophene rings is 1. The van der Waals surface area contributed by atoms with Crippen molar-refractivity contribution in [2.45, 2.75) is 0 Å². The number of hydrogen-bond acceptors (Lipinski definition) is 5. The first-order chi connectivity index (χ1) is 31.2. The van der Waals surface area contributed by atoms with Crippen LogP contribution in [-0.2, 0) is 0 Å². The Bertz CT molecular complexity index is 4230. The van der Waals surface area contributed by atoms with E-state index >= 15 is 0 Å². The van der Waals surface area contributed by atoms with Crippen LogP contribution in [0.25, 0.3) is 136 Å². The number of nitrogens with zero attached hydrogens (tertiary/aromatic N) is 4. The van der Waals surface area contributed by atoms with E-state index in [0.29, 0.717) is 17.5 Å². The Labute approximate surface area is 363 Å². The molecular weight excluding hydrogens is 789 g/mol. The van der Waals surface area contributed by atoms with Crippen LogP contribution in [0, 0.1) is 0 Å². The number of aromatic nitrogens is 4. The third kappa shape index (κ3) is 5.13. The predicted octanol–water partition coefficient (Wildman–Crippen LogP) is 15.7. The lowest BCUT2D eigenvalue weighted by Crippen LogP contribution is -2.02. The molecule has 0 bridgehead atoms. The van der Waals surface area contributed by atoms with Crippen LogP contribution in [0.1, 0.15) is 0 Å². The van der Waals surface area contributed by atoms with Gasteiger partial charge in [-0.25, -0.2) is 15.0 Å². The molecule has 0 aliphatic heterocycles. The lowest BCUT2D eigenvalue weighted by Gasteiger charge is -2.14. The van der Waals surface area contributed by atoms with Crippen LogP contribution in [-0.4, -0.2) is 19.5 Å². The van der Waals surface area contributed by atoms with Crippen molar-refractivity contribution in [1.29, 1.82) is 0 Å². The van der Waals surface area contributed by atoms with Crippen LogP contribution in [0.3, 0.4) is 0 Å². The smallest absolute Gasteiger partial charge is 0.167 e. The zero-order chi connectivity index (χ0) is 41.2. The molecule has 0 aliphatic rings. The van der Waals surface area contributed by atoms with Crippen molar-refractivity contribution >= 4 is 108 Å². The van der Waals surface area contributed by atoms with Gasteiger partial charge in [-0.1, -0.05) is 152 Å². The van der Waals surface area contributed by atoms with Gasteiger partial charge in [0.25, 0.3) is 0 Å². The maximum Gasteiger partial charge on any atom is 0.167 e. The molecule has 0 spiro atoms. The van der Waals surface area contributed by atoms with Gasteiger partial charge in [-0.05, 0) is 69.4 Å². The second kappa shape index (κ2) is 13.2. The molecule has 0 aliphatic carbocycles. The second-order valence-corrected chi connectivity index (χ2v) is 17.4. The summed E-state index contributed by atoms with van der Waals surface area (Å²) < 4.78 is 11.4. The third-order valence-corrected chi connectivity index (χ3v) is 14.0. The topological polar surface area (TPSA) is 56.7 Å². The Morgan fingerprint density at radius 1 is 0.413 bits per heavy atom. The van der Waals surface area contributed by atoms with E-state index in [-0.39, 0.29) is 0 Å². The van der Waals surface area contributed by atoms with E-state index in [2.05, 4.69) is 187 Å². The fourth-order valence-corrected chi connectivity index (χ4v) is 11.1. The van der Waals surface area contributed by atoms with E-state index in [4.69, 9.17) is 19.4 Å². The van der Waals surface area contributed by atoms with Crippen molar-refractivity contribution in [3.05, 3.63) is 194 Å². The molecule has 0 saturated heterocycles. The summed E-state index contributed by atoms with van der Waals surface area (Å²) in [6.45, 7) is 0. The Kier molecular flexibility index (Phi) is 7.21. The molecule has 4 heterocycles. The molecule has 10 aromatic carbocycles. The second-order valence-electron chi connectivity index (χ2n) is 16.3. The molecule has 0 saturated carbocycles. The van der Waals surface area contributed by atoms with Crippen molar-refractivity contribution in [3.63, 3.8) is 0 Å². The SMILES string of the molecule is c1ccc2cc(-c3nc(-c4cccc5c4oc4ccccc45)nc(-c4cc(-n5c6ccc7ccccc7c6c6ccc7ccccc7c65)cc5c4sc4ccccc45)n3)ccc2c1. The zero-order valence-electron chi connectivity index (χ0n) is 33.6. The average Bonchev–Trinajstić information content (AvgIpc) is 4.03. The van der Waals surface area contributed by atoms with Crippen LogP contribution < -0.4 is 0 Å². The fraction of sp³-hybridized carbons (Fsp3) is 0. The Morgan fingerprint density at radius 2 is 1.06 bits per heavy atom. The maximum absolute atomic E-state index is 6.61. The molecular formula is C57H32N4OS. The first-order valence-electron chi connectivity index (χ1n) is 21.2. The van der Waals surface area contributed by atoms with Gasteiger partial charge in [0, 0.05) is 63.9 Å². The lowest BCUT2D eigenvalue weighted by molar-refractivity contribution is 0.669. The molecule has 0 N–H and O–H groups in total. The van der Waals surface area contributed by atoms with Gasteiger partial charge in [-0.15, -0.1) is 11.3 Å². The summed E-state index contributed by atoms with van der Waals surface area (Å²) in [5.41, 5.74) is 7.63. The number of hydrogen-bond donors (Lipinski definition) is 0. The largest absolute Gasteiger partial charge is 0.455 e. The van der Waals surface area contributed by atoms with Gasteiger partial charge in [0.05, 0.1) is 16.6 Å². The summed E-state index contributed by atoms with van der Waals surface area (Å²) in [6.07, 6.45) is 0. The van der Waals surface area contributed by atoms with E-state index in [9.17, 15) is 0 Å². The van der Waals surface area contributed by atoms with Crippen molar-refractivity contribution in [1.82, 2.24) is 19.5 Å². The van der Waals surface area contributed by atoms with E-state index in [1.54, 1.807) is 11.3 Å². The number of para-hydroxylation sites is 2. The van der Waals surface area contributed by atoms with Gasteiger partial charge < -0.3 is 8.98 Å². The van der Waals surface area contributed by atoms with Gasteiger partial charge in [0.1, 0.15) is 11.2 Å². The van der Waals surface area contributed by atoms with Crippen molar-refractivity contribution in [2.24, 2.45) is 0 Å². The normalized spacial score (nSPS) is 12.1. The van der Waals surface area contributed by atoms with Crippen molar-refractivity contribution in [2.75, 3.05) is 0 Å². The molecule has 0 atom stereocenters. The molecule has 0 unspecified atom stereocenters. The van der Waals surface area contributed by atoms with E-state index in [1.165, 1.54) is 47.9 Å². The zero-order valence-corrected chi connectivity index (χ0v) is 34.4. The fourth-order valence-electron chi connectivity index (χ4n) is 9.92. The molecule has 0 amide bonds. The number of rotatable bonds is 4. The minimum atomic E-state index is 0.557. The summed E-state index contributed by atoms with van der Waals surface area (Å²) in [6, 6.07) is 69.2. The molecule has 5 nitrogen and oxygen atoms in total. The van der Waals surface area contributed by atoms with Gasteiger partial charge in [-0.3, -0.25) is 0 Å². The molecule has 0 radical (unpaired) electrons. The number of benzene rings is 10. The quantitative estimate of drug-likeness (QED) is 0.177. The molecule has 4 aromatic heterocycles. The molecule has 14 aromatic rings. The highest BCUT2D eigenvalue weighted by Crippen LogP contribution is 2.45. The van der Waals surface area contributed by atoms with Crippen molar-refractivity contribution in [3.8, 4) is 39.9 Å². The van der Waals surface area contributed by atoms with Gasteiger partial charge >= 0.3 is 0 Å². The maximum atomic E-state index is 6.61. The van der Waals surface area contributed by atoms with E-state index in [1.807, 2.05) is 12.1 Å². The molecule has 0 fully saturated rings. The Morgan fingerprint density at radius 3 is 1.94 bits per heavy atom. The van der Waals surface area contributed by atoms with Crippen LogP contribution in [0.4, 0.5) is 0 Å². The molecule has 292 valence electrons. The number of furan rings is 1. The average molecular weight is 821 g/mol. The van der Waals surface area contributed by atoms with Crippen LogP contribution >= 0.6 is 11.3 Å². The summed E-state index contributed by atoms with van der Waals surface area (Å²) in [4.78, 5) is 16.2. The highest BCUT2D eigenvalue weighted by Gasteiger charge is 2.23. The van der Waals surface area contributed by atoms with E-state index in [0.717, 1.165) is 70.7 Å². The van der Waals surface area contributed by atoms with Crippen LogP contribution in [0.15, 0.2) is 199 Å². The third-order valence-electron chi connectivity index (χ3n) is 12.8. The highest BCUT2D eigenvalue weighted by molar-refractivity contribution is 7.26. The van der Waals surface area contributed by atoms with Crippen molar-refractivity contribution < 1.29 is 4.42 Å². The van der Waals surface area contributed by atoms with Crippen LogP contribution in [0.5, 0.6) is 0 Å². The summed E-state index contributed by atoms with van der Waals surface area (Å²) in [5, 5.41) is 14.0. The monoisotopic (exact) mass is 820 g/mol. The minimum absolute atomic E-state index is 0.557. The molecule has 6 heteroatoms. The van der Waals surface area contributed by atoms with Gasteiger partial charge in [0.2, 0.25) is 0 Å². The van der Waals surface area contributed by atoms with Gasteiger partial charge in [0.15, 0.2) is 17.5 Å². The Hall–Kier alpha value is -8.19. The standard InChI is InChI=1S/C57H32N4OS/c1-2-15-36-30-37(25-24-33(36)12-1)55-58-56(45-21-11-20-43-41-18-7-9-22-49(41)62-53(43)45)60-57(59-55)47-32-38(31-46-42-19-8-10-23-50(42)63-54(46)47)61-48-29-27-34-13-3-5-16-39(34)51(48)44-28-26-35-14-4-6-17-40(35)52(44)61/h1-32H. The first kappa shape index (κ1) is 34.5. The Balaban J connectivity index is 1.11. The molecule has 63 heavy (non-hydrogen) atoms. The lowest BCUT2D eigenvalue weighted by atomic mass is 10.0. The molecule has 14 rings (SSSR count). The van der Waals surface area contributed by atoms with Crippen LogP contribution in [0.2, 0.25) is 0 Å².